The molecule has 110 heavy (non-hydrogen) atoms. The standard InChI is InChI=1S/C80H106N2O28/c1-87-15-21-93-27-33-99-39-45-105-67-51-57(52-68(106-46-40-100-34-28-94-22-16-88-2)75(67)109-49-43-103-37-31-97-25-19-91-5)55-81-77(83)63-11-7-59-61-9-13-65-74-66(14-10-62(72(61)74)60-8-12-64(78(81)84)73(63)71(59)60)80(86)82(79(65)85)56-58-53-69(107-47-41-101-35-29-95-23-17-89-3)76(110-50-44-104-38-32-98-26-20-92-6)70(54-58)108-48-42-102-36-30-96-24-18-90-4/h7-14,51-54H,15-50,55-56H2,1-6H3. The molecule has 0 spiro atoms. The maximum absolute atomic E-state index is 15.2. The summed E-state index contributed by atoms with van der Waals surface area (Å²) in [4.78, 5) is 63.1. The Labute approximate surface area is 641 Å². The third-order valence-electron chi connectivity index (χ3n) is 17.4. The van der Waals surface area contributed by atoms with E-state index in [1.807, 2.05) is 24.3 Å². The fourth-order valence-corrected chi connectivity index (χ4v) is 12.2. The Morgan fingerprint density at radius 1 is 0.218 bits per heavy atom. The van der Waals surface area contributed by atoms with E-state index in [1.54, 1.807) is 91.2 Å². The second-order valence-corrected chi connectivity index (χ2v) is 24.8. The van der Waals surface area contributed by atoms with Crippen LogP contribution in [0.5, 0.6) is 34.5 Å². The van der Waals surface area contributed by atoms with Gasteiger partial charge >= 0.3 is 0 Å². The van der Waals surface area contributed by atoms with E-state index >= 15 is 19.2 Å². The lowest BCUT2D eigenvalue weighted by Gasteiger charge is -2.30. The summed E-state index contributed by atoms with van der Waals surface area (Å²) in [5.41, 5.74) is 2.24. The number of imide groups is 2. The average Bonchev–Trinajstić information content (AvgIpc) is 0.690. The van der Waals surface area contributed by atoms with Gasteiger partial charge in [-0.25, -0.2) is 0 Å². The first-order valence-corrected chi connectivity index (χ1v) is 37.1. The second kappa shape index (κ2) is 48.9. The fourth-order valence-electron chi connectivity index (χ4n) is 12.2. The van der Waals surface area contributed by atoms with Crippen LogP contribution in [-0.2, 0) is 98.4 Å². The zero-order valence-corrected chi connectivity index (χ0v) is 64.1. The molecule has 30 heteroatoms. The summed E-state index contributed by atoms with van der Waals surface area (Å²) < 4.78 is 137. The summed E-state index contributed by atoms with van der Waals surface area (Å²) in [6, 6.07) is 21.3. The van der Waals surface area contributed by atoms with Crippen LogP contribution in [0, 0.1) is 0 Å². The molecular weight excluding hydrogens is 1440 g/mol. The van der Waals surface area contributed by atoms with Crippen molar-refractivity contribution in [2.45, 2.75) is 13.1 Å². The number of carbonyl (C=O) groups is 4. The minimum Gasteiger partial charge on any atom is -0.487 e. The largest absolute Gasteiger partial charge is 0.487 e. The number of benzene rings is 7. The van der Waals surface area contributed by atoms with Gasteiger partial charge in [-0.1, -0.05) is 24.3 Å². The number of hydrogen-bond acceptors (Lipinski definition) is 28. The Morgan fingerprint density at radius 2 is 0.400 bits per heavy atom. The van der Waals surface area contributed by atoms with Crippen molar-refractivity contribution >= 4 is 66.7 Å². The smallest absolute Gasteiger partial charge is 0.261 e. The van der Waals surface area contributed by atoms with E-state index in [4.69, 9.17) is 114 Å². The highest BCUT2D eigenvalue weighted by molar-refractivity contribution is 6.41. The molecule has 4 amide bonds. The number of ether oxygens (including phenoxy) is 24. The van der Waals surface area contributed by atoms with Crippen LogP contribution < -0.4 is 28.4 Å². The van der Waals surface area contributed by atoms with E-state index in [1.165, 1.54) is 9.80 Å². The van der Waals surface area contributed by atoms with Crippen molar-refractivity contribution < 1.29 is 133 Å². The number of hydrogen-bond donors (Lipinski definition) is 0. The fraction of sp³-hybridized carbons (Fsp3) is 0.550. The number of rotatable bonds is 64. The van der Waals surface area contributed by atoms with E-state index in [2.05, 4.69) is 0 Å². The Balaban J connectivity index is 0.980. The lowest BCUT2D eigenvalue weighted by atomic mass is 9.82. The molecule has 604 valence electrons. The van der Waals surface area contributed by atoms with Gasteiger partial charge in [-0.3, -0.25) is 29.0 Å². The molecule has 2 heterocycles. The Bertz CT molecular complexity index is 3480. The van der Waals surface area contributed by atoms with Crippen LogP contribution in [-0.4, -0.2) is 314 Å². The van der Waals surface area contributed by atoms with E-state index in [0.717, 1.165) is 21.5 Å². The molecule has 7 aromatic rings. The summed E-state index contributed by atoms with van der Waals surface area (Å²) >= 11 is 0. The van der Waals surface area contributed by atoms with Gasteiger partial charge in [0, 0.05) is 75.7 Å². The summed E-state index contributed by atoms with van der Waals surface area (Å²) in [5.74, 6) is -0.479. The van der Waals surface area contributed by atoms with Gasteiger partial charge in [0.2, 0.25) is 11.5 Å². The molecule has 0 fully saturated rings. The van der Waals surface area contributed by atoms with Crippen molar-refractivity contribution in [3.8, 4) is 34.5 Å². The Hall–Kier alpha value is -7.80. The molecule has 30 nitrogen and oxygen atoms in total. The molecule has 9 rings (SSSR count). The Kier molecular flexibility index (Phi) is 38.3. The lowest BCUT2D eigenvalue weighted by molar-refractivity contribution is 0.0146. The highest BCUT2D eigenvalue weighted by Gasteiger charge is 2.38. The maximum Gasteiger partial charge on any atom is 0.261 e. The number of fused-ring (bicyclic) bond motifs is 2. The molecule has 0 aliphatic carbocycles. The van der Waals surface area contributed by atoms with Crippen LogP contribution in [0.3, 0.4) is 0 Å². The van der Waals surface area contributed by atoms with E-state index in [0.29, 0.717) is 213 Å². The molecule has 2 aliphatic rings. The zero-order chi connectivity index (χ0) is 77.3. The molecule has 0 radical (unpaired) electrons. The van der Waals surface area contributed by atoms with Crippen molar-refractivity contribution in [3.63, 3.8) is 0 Å². The molecule has 0 saturated heterocycles. The van der Waals surface area contributed by atoms with Crippen molar-refractivity contribution in [2.75, 3.05) is 281 Å². The number of carbonyl (C=O) groups excluding carboxylic acids is 4. The zero-order valence-electron chi connectivity index (χ0n) is 64.1. The number of methoxy groups -OCH3 is 6. The highest BCUT2D eigenvalue weighted by atomic mass is 16.6. The second-order valence-electron chi connectivity index (χ2n) is 24.8. The molecule has 0 unspecified atom stereocenters. The van der Waals surface area contributed by atoms with Crippen LogP contribution in [0.4, 0.5) is 0 Å². The third-order valence-corrected chi connectivity index (χ3v) is 17.4. The number of amides is 4. The molecule has 0 aromatic heterocycles. The quantitative estimate of drug-likeness (QED) is 0.0153. The first kappa shape index (κ1) is 86.2. The van der Waals surface area contributed by atoms with E-state index in [-0.39, 0.29) is 127 Å². The molecule has 0 N–H and O–H groups in total. The highest BCUT2D eigenvalue weighted by Crippen LogP contribution is 2.48. The molecule has 0 atom stereocenters. The molecular formula is C80H106N2O28. The van der Waals surface area contributed by atoms with E-state index < -0.39 is 23.6 Å². The van der Waals surface area contributed by atoms with Crippen LogP contribution in [0.15, 0.2) is 72.8 Å². The Morgan fingerprint density at radius 3 is 0.600 bits per heavy atom. The van der Waals surface area contributed by atoms with Gasteiger partial charge in [-0.05, 0) is 92.0 Å². The molecule has 7 aromatic carbocycles. The minimum atomic E-state index is -0.524. The normalized spacial score (nSPS) is 12.9. The van der Waals surface area contributed by atoms with Crippen LogP contribution in [0.1, 0.15) is 52.6 Å². The predicted molar refractivity (Wildman–Crippen MR) is 403 cm³/mol. The van der Waals surface area contributed by atoms with Crippen LogP contribution in [0.25, 0.3) is 43.1 Å². The summed E-state index contributed by atoms with van der Waals surface area (Å²) in [5, 5.41) is 5.24. The predicted octanol–water partition coefficient (Wildman–Crippen LogP) is 7.68. The van der Waals surface area contributed by atoms with Crippen molar-refractivity contribution in [2.24, 2.45) is 0 Å². The van der Waals surface area contributed by atoms with Gasteiger partial charge in [0.25, 0.3) is 23.6 Å². The van der Waals surface area contributed by atoms with Gasteiger partial charge in [0.05, 0.1) is 211 Å². The topological polar surface area (TPSA) is 296 Å². The molecule has 0 bridgehead atoms. The SMILES string of the molecule is COCCOCCOCCOc1cc(CN2C(=O)c3ccc4c5ccc6c7c(ccc(c8ccc(c3c48)C2=O)c75)C(=O)N(Cc2cc(OCCOCCOCCOC)c(OCCOCCOCCOC)c(OCCOCCOCCOC)c2)C6=O)cc(OCCOCCOCCOC)c1OCCOCCOCCOC. The van der Waals surface area contributed by atoms with Gasteiger partial charge in [-0.2, -0.15) is 0 Å². The molecule has 2 aliphatic heterocycles. The van der Waals surface area contributed by atoms with Gasteiger partial charge < -0.3 is 114 Å². The van der Waals surface area contributed by atoms with E-state index in [9.17, 15) is 0 Å². The monoisotopic (exact) mass is 1540 g/mol. The van der Waals surface area contributed by atoms with Crippen molar-refractivity contribution in [1.82, 2.24) is 9.80 Å². The summed E-state index contributed by atoms with van der Waals surface area (Å²) in [7, 11) is 9.63. The maximum atomic E-state index is 15.2. The van der Waals surface area contributed by atoms with Crippen molar-refractivity contribution in [1.29, 1.82) is 0 Å². The minimum absolute atomic E-state index is 0.0925. The third kappa shape index (κ3) is 25.1. The first-order valence-electron chi connectivity index (χ1n) is 37.1. The van der Waals surface area contributed by atoms with Crippen molar-refractivity contribution in [3.05, 3.63) is 106 Å². The van der Waals surface area contributed by atoms with Gasteiger partial charge in [0.1, 0.15) is 39.6 Å². The van der Waals surface area contributed by atoms with Gasteiger partial charge in [-0.15, -0.1) is 0 Å². The summed E-state index contributed by atoms with van der Waals surface area (Å²) in [6.45, 7) is 10.8. The van der Waals surface area contributed by atoms with Crippen LogP contribution >= 0.6 is 0 Å². The van der Waals surface area contributed by atoms with Gasteiger partial charge in [0.15, 0.2) is 23.0 Å². The number of nitrogens with zero attached hydrogens (tertiary/aromatic N) is 2. The molecule has 0 saturated carbocycles. The first-order chi connectivity index (χ1) is 54.2. The lowest BCUT2D eigenvalue weighted by Crippen LogP contribution is -2.40. The average molecular weight is 1540 g/mol. The van der Waals surface area contributed by atoms with Crippen LogP contribution in [0.2, 0.25) is 0 Å². The summed E-state index contributed by atoms with van der Waals surface area (Å²) in [6.07, 6.45) is 0.